The van der Waals surface area contributed by atoms with Crippen LogP contribution in [0.5, 0.6) is 5.75 Å². The van der Waals surface area contributed by atoms with Gasteiger partial charge < -0.3 is 15.4 Å². The topological polar surface area (TPSA) is 38.5 Å². The van der Waals surface area contributed by atoms with Gasteiger partial charge in [-0.2, -0.15) is 0 Å². The van der Waals surface area contributed by atoms with E-state index in [0.717, 1.165) is 12.3 Å². The third-order valence-electron chi connectivity index (χ3n) is 4.59. The van der Waals surface area contributed by atoms with E-state index in [1.165, 1.54) is 37.9 Å². The molecule has 2 N–H and O–H groups in total. The third kappa shape index (κ3) is 3.33. The molecule has 1 aromatic rings. The van der Waals surface area contributed by atoms with Gasteiger partial charge in [-0.25, -0.2) is 0 Å². The smallest absolute Gasteiger partial charge is 0.118 e. The van der Waals surface area contributed by atoms with Gasteiger partial charge >= 0.3 is 0 Å². The normalized spacial score (nSPS) is 19.9. The van der Waals surface area contributed by atoms with Gasteiger partial charge in [0, 0.05) is 6.54 Å². The van der Waals surface area contributed by atoms with Gasteiger partial charge in [0.25, 0.3) is 0 Å². The van der Waals surface area contributed by atoms with Crippen molar-refractivity contribution in [3.63, 3.8) is 0 Å². The Hall–Kier alpha value is -1.06. The largest absolute Gasteiger partial charge is 0.497 e. The first-order valence-electron chi connectivity index (χ1n) is 7.72. The molecule has 0 spiro atoms. The molecule has 0 aromatic heterocycles. The van der Waals surface area contributed by atoms with Gasteiger partial charge in [0.05, 0.1) is 12.6 Å². The summed E-state index contributed by atoms with van der Waals surface area (Å²) in [6.07, 6.45) is 3.96. The minimum absolute atomic E-state index is 0.288. The van der Waals surface area contributed by atoms with Crippen LogP contribution in [0.25, 0.3) is 0 Å². The number of ether oxygens (including phenoxy) is 1. The molecule has 1 atom stereocenters. The van der Waals surface area contributed by atoms with Crippen LogP contribution in [0.1, 0.15) is 38.7 Å². The molecular formula is C17H28N2O. The lowest BCUT2D eigenvalue weighted by molar-refractivity contribution is 0.149. The zero-order valence-electron chi connectivity index (χ0n) is 13.1. The van der Waals surface area contributed by atoms with E-state index in [1.54, 1.807) is 7.11 Å². The summed E-state index contributed by atoms with van der Waals surface area (Å²) in [7, 11) is 1.70. The number of hydrogen-bond donors (Lipinski definition) is 1. The van der Waals surface area contributed by atoms with E-state index in [4.69, 9.17) is 10.5 Å². The summed E-state index contributed by atoms with van der Waals surface area (Å²) in [5, 5.41) is 0. The molecule has 1 heterocycles. The van der Waals surface area contributed by atoms with Gasteiger partial charge in [0.1, 0.15) is 5.75 Å². The lowest BCUT2D eigenvalue weighted by atomic mass is 9.80. The molecule has 1 unspecified atom stereocenters. The highest BCUT2D eigenvalue weighted by Crippen LogP contribution is 2.30. The molecule has 3 heteroatoms. The van der Waals surface area contributed by atoms with E-state index >= 15 is 0 Å². The van der Waals surface area contributed by atoms with Gasteiger partial charge in [0.15, 0.2) is 0 Å². The second-order valence-corrected chi connectivity index (χ2v) is 6.26. The maximum absolute atomic E-state index is 6.80. The van der Waals surface area contributed by atoms with E-state index in [9.17, 15) is 0 Å². The second-order valence-electron chi connectivity index (χ2n) is 6.26. The molecule has 1 saturated heterocycles. The summed E-state index contributed by atoms with van der Waals surface area (Å²) in [6.45, 7) is 7.74. The Balaban J connectivity index is 2.18. The molecule has 3 nitrogen and oxygen atoms in total. The fraction of sp³-hybridized carbons (Fsp3) is 0.647. The van der Waals surface area contributed by atoms with Crippen molar-refractivity contribution >= 4 is 0 Å². The summed E-state index contributed by atoms with van der Waals surface area (Å²) in [6, 6.07) is 8.25. The van der Waals surface area contributed by atoms with E-state index < -0.39 is 0 Å². The van der Waals surface area contributed by atoms with Gasteiger partial charge in [-0.1, -0.05) is 32.4 Å². The van der Waals surface area contributed by atoms with Gasteiger partial charge in [-0.3, -0.25) is 0 Å². The molecule has 0 bridgehead atoms. The highest BCUT2D eigenvalue weighted by molar-refractivity contribution is 5.32. The van der Waals surface area contributed by atoms with Crippen molar-refractivity contribution in [2.45, 2.75) is 38.6 Å². The Morgan fingerprint density at radius 1 is 1.15 bits per heavy atom. The molecule has 0 saturated carbocycles. The van der Waals surface area contributed by atoms with Crippen molar-refractivity contribution in [1.29, 1.82) is 0 Å². The minimum Gasteiger partial charge on any atom is -0.497 e. The number of piperidine rings is 1. The van der Waals surface area contributed by atoms with Gasteiger partial charge in [-0.05, 0) is 49.5 Å². The lowest BCUT2D eigenvalue weighted by Crippen LogP contribution is -2.52. The zero-order chi connectivity index (χ0) is 14.6. The molecule has 0 amide bonds. The number of likely N-dealkylation sites (tertiary alicyclic amines) is 1. The number of nitrogens with two attached hydrogens (primary N) is 1. The standard InChI is InChI=1S/C17H28N2O/c1-14(2)17(18,13-19-11-5-4-6-12-19)15-7-9-16(20-3)10-8-15/h7-10,14H,4-6,11-13,18H2,1-3H3. The monoisotopic (exact) mass is 276 g/mol. The SMILES string of the molecule is COc1ccc(C(N)(CN2CCCCC2)C(C)C)cc1. The van der Waals surface area contributed by atoms with Crippen molar-refractivity contribution in [3.05, 3.63) is 29.8 Å². The lowest BCUT2D eigenvalue weighted by Gasteiger charge is -2.40. The molecule has 1 fully saturated rings. The number of nitrogens with zero attached hydrogens (tertiary/aromatic N) is 1. The molecule has 1 aliphatic rings. The van der Waals surface area contributed by atoms with Crippen LogP contribution < -0.4 is 10.5 Å². The van der Waals surface area contributed by atoms with E-state index in [2.05, 4.69) is 30.9 Å². The zero-order valence-corrected chi connectivity index (χ0v) is 13.1. The van der Waals surface area contributed by atoms with Crippen LogP contribution in [0.4, 0.5) is 0 Å². The van der Waals surface area contributed by atoms with Crippen LogP contribution in [-0.2, 0) is 5.54 Å². The average Bonchev–Trinajstić information content (AvgIpc) is 2.48. The Morgan fingerprint density at radius 3 is 2.25 bits per heavy atom. The average molecular weight is 276 g/mol. The van der Waals surface area contributed by atoms with Crippen molar-refractivity contribution in [3.8, 4) is 5.75 Å². The molecule has 1 aromatic carbocycles. The molecule has 1 aliphatic heterocycles. The molecule has 2 rings (SSSR count). The van der Waals surface area contributed by atoms with Crippen molar-refractivity contribution in [2.75, 3.05) is 26.7 Å². The summed E-state index contributed by atoms with van der Waals surface area (Å²) in [4.78, 5) is 2.52. The van der Waals surface area contributed by atoms with Crippen LogP contribution in [0.2, 0.25) is 0 Å². The highest BCUT2D eigenvalue weighted by Gasteiger charge is 2.33. The highest BCUT2D eigenvalue weighted by atomic mass is 16.5. The number of rotatable bonds is 5. The van der Waals surface area contributed by atoms with E-state index in [0.29, 0.717) is 5.92 Å². The molecular weight excluding hydrogens is 248 g/mol. The predicted molar refractivity (Wildman–Crippen MR) is 84.0 cm³/mol. The van der Waals surface area contributed by atoms with Crippen molar-refractivity contribution in [2.24, 2.45) is 11.7 Å². The number of benzene rings is 1. The first kappa shape index (κ1) is 15.3. The van der Waals surface area contributed by atoms with E-state index in [-0.39, 0.29) is 5.54 Å². The quantitative estimate of drug-likeness (QED) is 0.898. The Bertz CT molecular complexity index is 410. The molecule has 112 valence electrons. The fourth-order valence-corrected chi connectivity index (χ4v) is 3.00. The Morgan fingerprint density at radius 2 is 1.75 bits per heavy atom. The van der Waals surface area contributed by atoms with Crippen LogP contribution >= 0.6 is 0 Å². The van der Waals surface area contributed by atoms with Gasteiger partial charge in [-0.15, -0.1) is 0 Å². The van der Waals surface area contributed by atoms with Crippen molar-refractivity contribution in [1.82, 2.24) is 4.90 Å². The predicted octanol–water partition coefficient (Wildman–Crippen LogP) is 2.99. The number of hydrogen-bond acceptors (Lipinski definition) is 3. The van der Waals surface area contributed by atoms with Gasteiger partial charge in [0.2, 0.25) is 0 Å². The maximum Gasteiger partial charge on any atom is 0.118 e. The molecule has 20 heavy (non-hydrogen) atoms. The maximum atomic E-state index is 6.80. The molecule has 0 radical (unpaired) electrons. The summed E-state index contributed by atoms with van der Waals surface area (Å²) < 4.78 is 5.24. The first-order valence-corrected chi connectivity index (χ1v) is 7.72. The third-order valence-corrected chi connectivity index (χ3v) is 4.59. The Labute approximate surface area is 123 Å². The van der Waals surface area contributed by atoms with Crippen LogP contribution in [0, 0.1) is 5.92 Å². The van der Waals surface area contributed by atoms with Crippen molar-refractivity contribution < 1.29 is 4.74 Å². The van der Waals surface area contributed by atoms with Crippen LogP contribution in [0.3, 0.4) is 0 Å². The summed E-state index contributed by atoms with van der Waals surface area (Å²) >= 11 is 0. The molecule has 0 aliphatic carbocycles. The summed E-state index contributed by atoms with van der Waals surface area (Å²) in [5.74, 6) is 1.29. The second kappa shape index (κ2) is 6.59. The minimum atomic E-state index is -0.288. The van der Waals surface area contributed by atoms with Crippen LogP contribution in [-0.4, -0.2) is 31.6 Å². The Kier molecular flexibility index (Phi) is 5.06. The summed E-state index contributed by atoms with van der Waals surface area (Å²) in [5.41, 5.74) is 7.72. The van der Waals surface area contributed by atoms with E-state index in [1.807, 2.05) is 12.1 Å². The van der Waals surface area contributed by atoms with Crippen LogP contribution in [0.15, 0.2) is 24.3 Å². The fourth-order valence-electron chi connectivity index (χ4n) is 3.00. The first-order chi connectivity index (χ1) is 9.56. The number of methoxy groups -OCH3 is 1.